The van der Waals surface area contributed by atoms with E-state index in [1.807, 2.05) is 6.07 Å². The number of methoxy groups -OCH3 is 2. The molecule has 1 fully saturated rings. The van der Waals surface area contributed by atoms with Crippen molar-refractivity contribution in [3.63, 3.8) is 0 Å². The highest BCUT2D eigenvalue weighted by Crippen LogP contribution is 2.35. The molecule has 0 bridgehead atoms. The molecule has 1 aromatic rings. The number of benzene rings is 1. The maximum atomic E-state index is 5.57. The molecule has 20 heavy (non-hydrogen) atoms. The van der Waals surface area contributed by atoms with E-state index in [1.165, 1.54) is 24.0 Å². The molecule has 3 heteroatoms. The minimum atomic E-state index is 0.461. The fourth-order valence-corrected chi connectivity index (χ4v) is 3.00. The Labute approximate surface area is 122 Å². The second-order valence-corrected chi connectivity index (χ2v) is 5.96. The van der Waals surface area contributed by atoms with Gasteiger partial charge in [0, 0.05) is 6.07 Å². The van der Waals surface area contributed by atoms with Crippen molar-refractivity contribution in [3.05, 3.63) is 23.3 Å². The zero-order chi connectivity index (χ0) is 14.5. The van der Waals surface area contributed by atoms with Gasteiger partial charge < -0.3 is 14.8 Å². The van der Waals surface area contributed by atoms with Crippen LogP contribution in [0.2, 0.25) is 0 Å². The number of hydrogen-bond acceptors (Lipinski definition) is 3. The van der Waals surface area contributed by atoms with E-state index >= 15 is 0 Å². The maximum absolute atomic E-state index is 5.57. The third kappa shape index (κ3) is 3.45. The molecule has 0 aromatic heterocycles. The zero-order valence-electron chi connectivity index (χ0n) is 13.2. The number of hydrogen-bond donors (Lipinski definition) is 1. The van der Waals surface area contributed by atoms with Gasteiger partial charge in [-0.15, -0.1) is 0 Å². The molecule has 0 saturated carbocycles. The number of ether oxygens (including phenoxy) is 2. The summed E-state index contributed by atoms with van der Waals surface area (Å²) in [6, 6.07) is 4.33. The van der Waals surface area contributed by atoms with E-state index in [9.17, 15) is 0 Å². The minimum Gasteiger partial charge on any atom is -0.496 e. The Balaban J connectivity index is 2.27. The van der Waals surface area contributed by atoms with Gasteiger partial charge in [0.05, 0.1) is 14.2 Å². The summed E-state index contributed by atoms with van der Waals surface area (Å²) in [6.07, 6.45) is 3.62. The van der Waals surface area contributed by atoms with Crippen LogP contribution in [0.15, 0.2) is 12.1 Å². The van der Waals surface area contributed by atoms with Crippen molar-refractivity contribution in [2.75, 3.05) is 27.3 Å². The Morgan fingerprint density at radius 3 is 2.30 bits per heavy atom. The monoisotopic (exact) mass is 277 g/mol. The van der Waals surface area contributed by atoms with Crippen LogP contribution in [0.1, 0.15) is 43.7 Å². The molecule has 0 amide bonds. The van der Waals surface area contributed by atoms with Gasteiger partial charge >= 0.3 is 0 Å². The van der Waals surface area contributed by atoms with Gasteiger partial charge in [0.25, 0.3) is 0 Å². The van der Waals surface area contributed by atoms with Crippen LogP contribution in [-0.2, 0) is 6.42 Å². The van der Waals surface area contributed by atoms with Crippen molar-refractivity contribution in [1.82, 2.24) is 5.32 Å². The summed E-state index contributed by atoms with van der Waals surface area (Å²) in [6.45, 7) is 6.69. The van der Waals surface area contributed by atoms with Crippen LogP contribution in [-0.4, -0.2) is 27.3 Å². The van der Waals surface area contributed by atoms with Gasteiger partial charge in [0.15, 0.2) is 0 Å². The summed E-state index contributed by atoms with van der Waals surface area (Å²) in [7, 11) is 3.48. The van der Waals surface area contributed by atoms with Crippen LogP contribution in [0.3, 0.4) is 0 Å². The standard InChI is InChI=1S/C17H27NO2/c1-12(2)15-10-14(9-13-5-7-18-8-6-13)16(19-3)11-17(15)20-4/h10-13,18H,5-9H2,1-4H3. The molecule has 112 valence electrons. The average molecular weight is 277 g/mol. The molecule has 1 N–H and O–H groups in total. The van der Waals surface area contributed by atoms with Crippen molar-refractivity contribution in [2.24, 2.45) is 5.92 Å². The van der Waals surface area contributed by atoms with E-state index in [2.05, 4.69) is 25.2 Å². The fraction of sp³-hybridized carbons (Fsp3) is 0.647. The van der Waals surface area contributed by atoms with Crippen LogP contribution in [0, 0.1) is 5.92 Å². The molecular formula is C17H27NO2. The van der Waals surface area contributed by atoms with Gasteiger partial charge in [0.2, 0.25) is 0 Å². The molecule has 1 heterocycles. The highest BCUT2D eigenvalue weighted by molar-refractivity contribution is 5.48. The molecule has 0 aliphatic carbocycles. The van der Waals surface area contributed by atoms with E-state index in [-0.39, 0.29) is 0 Å². The van der Waals surface area contributed by atoms with Gasteiger partial charge in [-0.05, 0) is 61.4 Å². The topological polar surface area (TPSA) is 30.5 Å². The van der Waals surface area contributed by atoms with Gasteiger partial charge in [-0.3, -0.25) is 0 Å². The van der Waals surface area contributed by atoms with Crippen molar-refractivity contribution < 1.29 is 9.47 Å². The smallest absolute Gasteiger partial charge is 0.126 e. The SMILES string of the molecule is COc1cc(OC)c(C(C)C)cc1CC1CCNCC1. The van der Waals surface area contributed by atoms with Crippen LogP contribution in [0.5, 0.6) is 11.5 Å². The molecule has 0 atom stereocenters. The van der Waals surface area contributed by atoms with E-state index in [0.29, 0.717) is 5.92 Å². The van der Waals surface area contributed by atoms with Crippen LogP contribution >= 0.6 is 0 Å². The normalized spacial score (nSPS) is 16.4. The lowest BCUT2D eigenvalue weighted by molar-refractivity contribution is 0.357. The van der Waals surface area contributed by atoms with Crippen molar-refractivity contribution in [1.29, 1.82) is 0 Å². The lowest BCUT2D eigenvalue weighted by Gasteiger charge is -2.24. The van der Waals surface area contributed by atoms with Gasteiger partial charge in [-0.1, -0.05) is 13.8 Å². The predicted octanol–water partition coefficient (Wildman–Crippen LogP) is 3.37. The molecule has 0 unspecified atom stereocenters. The summed E-state index contributed by atoms with van der Waals surface area (Å²) in [4.78, 5) is 0. The predicted molar refractivity (Wildman–Crippen MR) is 82.9 cm³/mol. The zero-order valence-corrected chi connectivity index (χ0v) is 13.2. The number of piperidine rings is 1. The lowest BCUT2D eigenvalue weighted by Crippen LogP contribution is -2.28. The van der Waals surface area contributed by atoms with Gasteiger partial charge in [0.1, 0.15) is 11.5 Å². The minimum absolute atomic E-state index is 0.461. The second kappa shape index (κ2) is 6.98. The van der Waals surface area contributed by atoms with Crippen LogP contribution in [0.25, 0.3) is 0 Å². The first-order valence-electron chi connectivity index (χ1n) is 7.61. The summed E-state index contributed by atoms with van der Waals surface area (Å²) < 4.78 is 11.1. The summed E-state index contributed by atoms with van der Waals surface area (Å²) >= 11 is 0. The quantitative estimate of drug-likeness (QED) is 0.895. The Bertz CT molecular complexity index is 437. The largest absolute Gasteiger partial charge is 0.496 e. The van der Waals surface area contributed by atoms with Crippen molar-refractivity contribution >= 4 is 0 Å². The third-order valence-electron chi connectivity index (χ3n) is 4.22. The molecular weight excluding hydrogens is 250 g/mol. The van der Waals surface area contributed by atoms with Crippen LogP contribution in [0.4, 0.5) is 0 Å². The molecule has 0 radical (unpaired) electrons. The Hall–Kier alpha value is -1.22. The molecule has 0 spiro atoms. The Morgan fingerprint density at radius 1 is 1.10 bits per heavy atom. The first-order chi connectivity index (χ1) is 9.65. The summed E-state index contributed by atoms with van der Waals surface area (Å²) in [5.74, 6) is 3.12. The van der Waals surface area contributed by atoms with Gasteiger partial charge in [-0.25, -0.2) is 0 Å². The van der Waals surface area contributed by atoms with E-state index in [0.717, 1.165) is 36.9 Å². The number of rotatable bonds is 5. The Kier molecular flexibility index (Phi) is 5.30. The van der Waals surface area contributed by atoms with Gasteiger partial charge in [-0.2, -0.15) is 0 Å². The Morgan fingerprint density at radius 2 is 1.75 bits per heavy atom. The van der Waals surface area contributed by atoms with E-state index in [1.54, 1.807) is 14.2 Å². The van der Waals surface area contributed by atoms with E-state index in [4.69, 9.17) is 9.47 Å². The maximum Gasteiger partial charge on any atom is 0.126 e. The highest BCUT2D eigenvalue weighted by atomic mass is 16.5. The molecule has 1 saturated heterocycles. The fourth-order valence-electron chi connectivity index (χ4n) is 3.00. The van der Waals surface area contributed by atoms with Crippen LogP contribution < -0.4 is 14.8 Å². The first kappa shape index (κ1) is 15.2. The number of nitrogens with one attached hydrogen (secondary N) is 1. The summed E-state index contributed by atoms with van der Waals surface area (Å²) in [5.41, 5.74) is 2.60. The molecule has 1 aromatic carbocycles. The molecule has 3 nitrogen and oxygen atoms in total. The highest BCUT2D eigenvalue weighted by Gasteiger charge is 2.18. The van der Waals surface area contributed by atoms with E-state index < -0.39 is 0 Å². The van der Waals surface area contributed by atoms with Crippen molar-refractivity contribution in [3.8, 4) is 11.5 Å². The third-order valence-corrected chi connectivity index (χ3v) is 4.22. The molecule has 1 aliphatic heterocycles. The lowest BCUT2D eigenvalue weighted by atomic mass is 9.88. The first-order valence-corrected chi connectivity index (χ1v) is 7.61. The summed E-state index contributed by atoms with van der Waals surface area (Å²) in [5, 5.41) is 3.43. The second-order valence-electron chi connectivity index (χ2n) is 5.96. The molecule has 2 rings (SSSR count). The average Bonchev–Trinajstić information content (AvgIpc) is 2.47. The molecule has 1 aliphatic rings. The van der Waals surface area contributed by atoms with Crippen molar-refractivity contribution in [2.45, 2.75) is 39.0 Å².